The van der Waals surface area contributed by atoms with Crippen LogP contribution in [0.4, 0.5) is 0 Å². The molecule has 3 aromatic heterocycles. The summed E-state index contributed by atoms with van der Waals surface area (Å²) in [4.78, 5) is 28.4. The molecule has 0 unspecified atom stereocenters. The van der Waals surface area contributed by atoms with E-state index in [9.17, 15) is 4.79 Å². The quantitative estimate of drug-likeness (QED) is 0.407. The van der Waals surface area contributed by atoms with Gasteiger partial charge in [0.2, 0.25) is 5.88 Å². The summed E-state index contributed by atoms with van der Waals surface area (Å²) in [6, 6.07) is 19.8. The molecule has 0 aliphatic carbocycles. The lowest BCUT2D eigenvalue weighted by Crippen LogP contribution is -2.46. The molecular weight excluding hydrogens is 462 g/mol. The molecule has 4 aromatic rings. The summed E-state index contributed by atoms with van der Waals surface area (Å²) in [5.41, 5.74) is 5.56. The first-order valence-corrected chi connectivity index (χ1v) is 12.8. The Balaban J connectivity index is 1.04. The summed E-state index contributed by atoms with van der Waals surface area (Å²) < 4.78 is 8.00. The second-order valence-corrected chi connectivity index (χ2v) is 10.2. The van der Waals surface area contributed by atoms with E-state index in [1.165, 1.54) is 11.3 Å². The minimum absolute atomic E-state index is 0.129. The maximum atomic E-state index is 12.3. The minimum atomic E-state index is 0.129. The van der Waals surface area contributed by atoms with Crippen LogP contribution in [0, 0.1) is 5.92 Å². The first-order chi connectivity index (χ1) is 18.2. The van der Waals surface area contributed by atoms with Gasteiger partial charge in [-0.25, -0.2) is 4.98 Å². The van der Waals surface area contributed by atoms with Gasteiger partial charge in [0, 0.05) is 67.7 Å². The highest BCUT2D eigenvalue weighted by atomic mass is 16.5. The predicted octanol–water partition coefficient (Wildman–Crippen LogP) is 4.67. The number of hydrogen-bond donors (Lipinski definition) is 0. The van der Waals surface area contributed by atoms with Crippen molar-refractivity contribution in [1.29, 1.82) is 0 Å². The molecule has 0 spiro atoms. The maximum Gasteiger partial charge on any atom is 0.250 e. The molecular formula is C30H27N5O2. The van der Waals surface area contributed by atoms with Gasteiger partial charge in [-0.2, -0.15) is 0 Å². The van der Waals surface area contributed by atoms with Gasteiger partial charge < -0.3 is 9.30 Å². The van der Waals surface area contributed by atoms with Crippen LogP contribution in [-0.4, -0.2) is 45.3 Å². The molecule has 184 valence electrons. The topological polar surface area (TPSA) is 72.6 Å². The first-order valence-electron chi connectivity index (χ1n) is 12.8. The van der Waals surface area contributed by atoms with E-state index >= 15 is 0 Å². The van der Waals surface area contributed by atoms with Gasteiger partial charge in [-0.1, -0.05) is 12.1 Å². The molecule has 6 heterocycles. The molecule has 2 bridgehead atoms. The Morgan fingerprint density at radius 2 is 1.97 bits per heavy atom. The molecule has 7 rings (SSSR count). The van der Waals surface area contributed by atoms with Gasteiger partial charge in [0.15, 0.2) is 0 Å². The predicted molar refractivity (Wildman–Crippen MR) is 144 cm³/mol. The van der Waals surface area contributed by atoms with E-state index in [-0.39, 0.29) is 5.56 Å². The summed E-state index contributed by atoms with van der Waals surface area (Å²) in [6.07, 6.45) is 6.84. The zero-order valence-electron chi connectivity index (χ0n) is 20.5. The van der Waals surface area contributed by atoms with E-state index in [2.05, 4.69) is 33.1 Å². The number of rotatable bonds is 5. The number of ether oxygens (including phenoxy) is 1. The molecule has 7 heteroatoms. The van der Waals surface area contributed by atoms with Gasteiger partial charge in [-0.15, -0.1) is 0 Å². The Hall–Kier alpha value is -4.10. The van der Waals surface area contributed by atoms with Crippen molar-refractivity contribution in [2.24, 2.45) is 10.9 Å². The molecule has 0 radical (unpaired) electrons. The van der Waals surface area contributed by atoms with Gasteiger partial charge in [0.05, 0.1) is 17.8 Å². The Labute approximate surface area is 214 Å². The zero-order chi connectivity index (χ0) is 24.8. The third-order valence-corrected chi connectivity index (χ3v) is 7.63. The second-order valence-electron chi connectivity index (χ2n) is 10.2. The highest BCUT2D eigenvalue weighted by Gasteiger charge is 2.34. The fourth-order valence-corrected chi connectivity index (χ4v) is 5.94. The lowest BCUT2D eigenvalue weighted by molar-refractivity contribution is 0.113. The summed E-state index contributed by atoms with van der Waals surface area (Å²) in [5, 5.41) is 1.04. The number of aromatic nitrogens is 3. The van der Waals surface area contributed by atoms with Crippen LogP contribution in [0.1, 0.15) is 29.3 Å². The first kappa shape index (κ1) is 22.1. The van der Waals surface area contributed by atoms with Crippen molar-refractivity contribution in [2.45, 2.75) is 25.4 Å². The molecule has 37 heavy (non-hydrogen) atoms. The smallest absolute Gasteiger partial charge is 0.250 e. The van der Waals surface area contributed by atoms with Crippen molar-refractivity contribution in [3.63, 3.8) is 0 Å². The molecule has 0 N–H and O–H groups in total. The molecule has 3 aliphatic heterocycles. The number of fused-ring (bicyclic) bond motifs is 5. The third-order valence-electron chi connectivity index (χ3n) is 7.63. The summed E-state index contributed by atoms with van der Waals surface area (Å²) in [7, 11) is 0. The zero-order valence-corrected chi connectivity index (χ0v) is 20.5. The number of aliphatic imine (C=N–C) groups is 1. The molecule has 3 aliphatic rings. The maximum absolute atomic E-state index is 12.3. The monoisotopic (exact) mass is 489 g/mol. The average Bonchev–Trinajstić information content (AvgIpc) is 3.45. The van der Waals surface area contributed by atoms with Crippen molar-refractivity contribution in [3.8, 4) is 11.6 Å². The highest BCUT2D eigenvalue weighted by molar-refractivity contribution is 5.89. The lowest BCUT2D eigenvalue weighted by Gasteiger charge is -2.42. The van der Waals surface area contributed by atoms with E-state index in [4.69, 9.17) is 9.72 Å². The molecule has 1 saturated heterocycles. The molecule has 1 aromatic carbocycles. The molecule has 7 nitrogen and oxygen atoms in total. The van der Waals surface area contributed by atoms with E-state index in [1.54, 1.807) is 6.07 Å². The Morgan fingerprint density at radius 1 is 1.00 bits per heavy atom. The van der Waals surface area contributed by atoms with Crippen molar-refractivity contribution < 1.29 is 4.74 Å². The molecule has 0 saturated carbocycles. The fraction of sp³-hybridized carbons (Fsp3) is 0.267. The second kappa shape index (κ2) is 9.09. The van der Waals surface area contributed by atoms with Crippen molar-refractivity contribution in [1.82, 2.24) is 19.4 Å². The van der Waals surface area contributed by atoms with E-state index in [1.807, 2.05) is 59.5 Å². The molecule has 1 fully saturated rings. The largest absolute Gasteiger partial charge is 0.439 e. The summed E-state index contributed by atoms with van der Waals surface area (Å²) in [5.74, 6) is 2.22. The van der Waals surface area contributed by atoms with Crippen LogP contribution < -0.4 is 10.3 Å². The third kappa shape index (κ3) is 4.36. The van der Waals surface area contributed by atoms with Gasteiger partial charge in [-0.05, 0) is 65.9 Å². The standard InChI is InChI=1S/C30H27N5O2/c36-30-3-1-2-28-24-12-20(17-35(28)30)16-34(18-24)19-25-6-4-21-13-26(7-8-27(21)33-25)37-29-9-5-22(15-32-29)23-10-11-31-14-23/h1-11,13,15,20,24H,12,14,16-19H2/t20-,24+/m0/s1. The van der Waals surface area contributed by atoms with Gasteiger partial charge in [0.25, 0.3) is 5.56 Å². The number of piperidine rings is 1. The summed E-state index contributed by atoms with van der Waals surface area (Å²) in [6.45, 7) is 4.30. The SMILES string of the molecule is O=c1cccc2n1C[C@H]1C[C@@H]2CN(Cc2ccc3cc(Oc4ccc(C5=CC=NC5)cn4)ccc3n2)C1. The number of likely N-dealkylation sites (tertiary alicyclic amines) is 1. The van der Waals surface area contributed by atoms with E-state index < -0.39 is 0 Å². The molecule has 2 atom stereocenters. The van der Waals surface area contributed by atoms with Crippen LogP contribution in [0.25, 0.3) is 16.5 Å². The van der Waals surface area contributed by atoms with Gasteiger partial charge in [-0.3, -0.25) is 19.7 Å². The Kier molecular flexibility index (Phi) is 5.43. The molecule has 0 amide bonds. The normalized spacial score (nSPS) is 20.6. The Bertz CT molecular complexity index is 1600. The van der Waals surface area contributed by atoms with E-state index in [0.717, 1.165) is 60.5 Å². The van der Waals surface area contributed by atoms with Crippen molar-refractivity contribution >= 4 is 22.7 Å². The number of benzene rings is 1. The van der Waals surface area contributed by atoms with Crippen LogP contribution in [0.3, 0.4) is 0 Å². The number of hydrogen-bond acceptors (Lipinski definition) is 6. The van der Waals surface area contributed by atoms with Crippen LogP contribution in [0.2, 0.25) is 0 Å². The fourth-order valence-electron chi connectivity index (χ4n) is 5.94. The van der Waals surface area contributed by atoms with Crippen LogP contribution in [-0.2, 0) is 13.1 Å². The average molecular weight is 490 g/mol. The number of pyridine rings is 3. The Morgan fingerprint density at radius 3 is 2.84 bits per heavy atom. The number of nitrogens with zero attached hydrogens (tertiary/aromatic N) is 5. The van der Waals surface area contributed by atoms with Crippen LogP contribution in [0.15, 0.2) is 82.7 Å². The number of allylic oxidation sites excluding steroid dienone is 1. The van der Waals surface area contributed by atoms with Crippen molar-refractivity contribution in [3.05, 3.63) is 100 Å². The van der Waals surface area contributed by atoms with Crippen LogP contribution in [0.5, 0.6) is 11.6 Å². The summed E-state index contributed by atoms with van der Waals surface area (Å²) >= 11 is 0. The van der Waals surface area contributed by atoms with Crippen molar-refractivity contribution in [2.75, 3.05) is 19.6 Å². The highest BCUT2D eigenvalue weighted by Crippen LogP contribution is 2.35. The van der Waals surface area contributed by atoms with Crippen LogP contribution >= 0.6 is 0 Å². The lowest BCUT2D eigenvalue weighted by atomic mass is 9.83. The van der Waals surface area contributed by atoms with Gasteiger partial charge in [0.1, 0.15) is 5.75 Å². The van der Waals surface area contributed by atoms with Gasteiger partial charge >= 0.3 is 0 Å². The minimum Gasteiger partial charge on any atom is -0.439 e. The van der Waals surface area contributed by atoms with E-state index in [0.29, 0.717) is 24.3 Å².